The summed E-state index contributed by atoms with van der Waals surface area (Å²) in [5.74, 6) is 2.35. The smallest absolute Gasteiger partial charge is 0.234 e. The fourth-order valence-electron chi connectivity index (χ4n) is 2.82. The van der Waals surface area contributed by atoms with Gasteiger partial charge in [-0.1, -0.05) is 58.7 Å². The van der Waals surface area contributed by atoms with Gasteiger partial charge in [0.2, 0.25) is 5.91 Å². The maximum absolute atomic E-state index is 12.4. The number of carbonyl (C=O) groups excluding carboxylic acids is 1. The molecule has 1 N–H and O–H groups in total. The lowest BCUT2D eigenvalue weighted by Gasteiger charge is -2.10. The molecule has 0 aliphatic heterocycles. The van der Waals surface area contributed by atoms with Crippen molar-refractivity contribution in [1.82, 2.24) is 14.8 Å². The average Bonchev–Trinajstić information content (AvgIpc) is 3.13. The molecule has 3 aromatic rings. The molecule has 32 heavy (non-hydrogen) atoms. The molecule has 0 fully saturated rings. The van der Waals surface area contributed by atoms with Crippen LogP contribution in [0.1, 0.15) is 17.0 Å². The first kappa shape index (κ1) is 25.0. The third kappa shape index (κ3) is 6.93. The number of benzene rings is 2. The van der Waals surface area contributed by atoms with Crippen LogP contribution in [0.3, 0.4) is 0 Å². The van der Waals surface area contributed by atoms with Crippen LogP contribution in [-0.4, -0.2) is 26.4 Å². The lowest BCUT2D eigenvalue weighted by molar-refractivity contribution is -0.113. The topological polar surface area (TPSA) is 59.8 Å². The number of halogens is 3. The summed E-state index contributed by atoms with van der Waals surface area (Å²) in [6.07, 6.45) is 1.79. The minimum atomic E-state index is -0.121. The van der Waals surface area contributed by atoms with E-state index in [1.165, 1.54) is 11.8 Å². The normalized spacial score (nSPS) is 10.9. The Morgan fingerprint density at radius 1 is 1.12 bits per heavy atom. The largest absolute Gasteiger partial charge is 0.325 e. The Morgan fingerprint density at radius 2 is 1.94 bits per heavy atom. The van der Waals surface area contributed by atoms with Crippen molar-refractivity contribution in [3.63, 3.8) is 0 Å². The molecule has 1 amide bonds. The van der Waals surface area contributed by atoms with E-state index >= 15 is 0 Å². The SMILES string of the molecule is C=CCn1c(CSCc2ccc(Cl)c(Cl)c2)nnc1SCC(=O)Nc1ccc(Cl)cc1C. The number of nitrogens with one attached hydrogen (secondary N) is 1. The van der Waals surface area contributed by atoms with Crippen LogP contribution in [0.2, 0.25) is 15.1 Å². The molecule has 3 rings (SSSR count). The number of aryl methyl sites for hydroxylation is 1. The van der Waals surface area contributed by atoms with Crippen molar-refractivity contribution in [1.29, 1.82) is 0 Å². The molecular weight excluding hydrogens is 507 g/mol. The van der Waals surface area contributed by atoms with Crippen molar-refractivity contribution in [2.75, 3.05) is 11.1 Å². The number of nitrogens with zero attached hydrogens (tertiary/aromatic N) is 3. The van der Waals surface area contributed by atoms with Crippen LogP contribution < -0.4 is 5.32 Å². The van der Waals surface area contributed by atoms with E-state index in [-0.39, 0.29) is 11.7 Å². The quantitative estimate of drug-likeness (QED) is 0.230. The summed E-state index contributed by atoms with van der Waals surface area (Å²) in [7, 11) is 0. The van der Waals surface area contributed by atoms with Crippen molar-refractivity contribution < 1.29 is 4.79 Å². The summed E-state index contributed by atoms with van der Waals surface area (Å²) in [6.45, 7) is 6.29. The molecule has 0 radical (unpaired) electrons. The maximum atomic E-state index is 12.4. The lowest BCUT2D eigenvalue weighted by Crippen LogP contribution is -2.15. The molecule has 0 spiro atoms. The van der Waals surface area contributed by atoms with E-state index in [1.54, 1.807) is 36.0 Å². The Morgan fingerprint density at radius 3 is 2.66 bits per heavy atom. The molecular formula is C22H21Cl3N4OS2. The first-order valence-electron chi connectivity index (χ1n) is 9.61. The van der Waals surface area contributed by atoms with Gasteiger partial charge in [0.15, 0.2) is 5.16 Å². The van der Waals surface area contributed by atoms with Gasteiger partial charge in [0, 0.05) is 23.0 Å². The number of allylic oxidation sites excluding steroid dienone is 1. The number of aromatic nitrogens is 3. The van der Waals surface area contributed by atoms with E-state index in [1.807, 2.05) is 29.7 Å². The molecule has 0 unspecified atom stereocenters. The third-order valence-electron chi connectivity index (χ3n) is 4.38. The van der Waals surface area contributed by atoms with E-state index < -0.39 is 0 Å². The van der Waals surface area contributed by atoms with E-state index in [4.69, 9.17) is 34.8 Å². The fraction of sp³-hybridized carbons (Fsp3) is 0.227. The van der Waals surface area contributed by atoms with Gasteiger partial charge in [-0.05, 0) is 48.4 Å². The van der Waals surface area contributed by atoms with Gasteiger partial charge in [-0.2, -0.15) is 0 Å². The number of carbonyl (C=O) groups is 1. The van der Waals surface area contributed by atoms with Crippen molar-refractivity contribution >= 4 is 69.9 Å². The Kier molecular flexibility index (Phi) is 9.37. The molecule has 0 bridgehead atoms. The summed E-state index contributed by atoms with van der Waals surface area (Å²) in [5.41, 5.74) is 2.74. The molecule has 168 valence electrons. The molecule has 2 aromatic carbocycles. The molecule has 5 nitrogen and oxygen atoms in total. The number of hydrogen-bond donors (Lipinski definition) is 1. The van der Waals surface area contributed by atoms with Gasteiger partial charge in [0.1, 0.15) is 5.82 Å². The summed E-state index contributed by atoms with van der Waals surface area (Å²) in [4.78, 5) is 12.4. The van der Waals surface area contributed by atoms with Gasteiger partial charge in [0.25, 0.3) is 0 Å². The second kappa shape index (κ2) is 12.0. The Hall–Kier alpha value is -1.64. The van der Waals surface area contributed by atoms with Gasteiger partial charge >= 0.3 is 0 Å². The van der Waals surface area contributed by atoms with Crippen LogP contribution in [0, 0.1) is 6.92 Å². The van der Waals surface area contributed by atoms with Crippen LogP contribution in [0.15, 0.2) is 54.2 Å². The molecule has 0 saturated heterocycles. The van der Waals surface area contributed by atoms with Crippen LogP contribution in [0.5, 0.6) is 0 Å². The van der Waals surface area contributed by atoms with Crippen LogP contribution in [0.4, 0.5) is 5.69 Å². The van der Waals surface area contributed by atoms with E-state index in [0.29, 0.717) is 32.5 Å². The zero-order valence-electron chi connectivity index (χ0n) is 17.3. The number of rotatable bonds is 10. The van der Waals surface area contributed by atoms with Crippen molar-refractivity contribution in [3.8, 4) is 0 Å². The van der Waals surface area contributed by atoms with Crippen molar-refractivity contribution in [2.45, 2.75) is 30.1 Å². The molecule has 10 heteroatoms. The van der Waals surface area contributed by atoms with Crippen molar-refractivity contribution in [2.24, 2.45) is 0 Å². The number of anilines is 1. The van der Waals surface area contributed by atoms with E-state index in [9.17, 15) is 4.79 Å². The second-order valence-corrected chi connectivity index (χ2v) is 10.0. The number of amides is 1. The highest BCUT2D eigenvalue weighted by molar-refractivity contribution is 7.99. The zero-order valence-corrected chi connectivity index (χ0v) is 21.2. The van der Waals surface area contributed by atoms with Gasteiger partial charge in [-0.3, -0.25) is 4.79 Å². The van der Waals surface area contributed by atoms with Gasteiger partial charge in [-0.15, -0.1) is 28.5 Å². The zero-order chi connectivity index (χ0) is 23.1. The van der Waals surface area contributed by atoms with Crippen LogP contribution in [0.25, 0.3) is 0 Å². The highest BCUT2D eigenvalue weighted by atomic mass is 35.5. The predicted molar refractivity (Wildman–Crippen MR) is 137 cm³/mol. The second-order valence-electron chi connectivity index (χ2n) is 6.84. The molecule has 0 atom stereocenters. The molecule has 1 aromatic heterocycles. The summed E-state index contributed by atoms with van der Waals surface area (Å²) in [5, 5.41) is 13.9. The maximum Gasteiger partial charge on any atom is 0.234 e. The average molecular weight is 528 g/mol. The Labute approximate surface area is 210 Å². The van der Waals surface area contributed by atoms with E-state index in [0.717, 1.165) is 28.4 Å². The van der Waals surface area contributed by atoms with Gasteiger partial charge in [0.05, 0.1) is 21.6 Å². The lowest BCUT2D eigenvalue weighted by atomic mass is 10.2. The minimum absolute atomic E-state index is 0.121. The fourth-order valence-corrected chi connectivity index (χ4v) is 5.05. The standard InChI is InChI=1S/C22H21Cl3N4OS2/c1-3-8-29-20(12-31-11-15-4-6-17(24)18(25)10-15)27-28-22(29)32-13-21(30)26-19-7-5-16(23)9-14(19)2/h3-7,9-10H,1,8,11-13H2,2H3,(H,26,30). The summed E-state index contributed by atoms with van der Waals surface area (Å²) >= 11 is 21.1. The first-order chi connectivity index (χ1) is 15.4. The minimum Gasteiger partial charge on any atom is -0.325 e. The summed E-state index contributed by atoms with van der Waals surface area (Å²) < 4.78 is 1.97. The van der Waals surface area contributed by atoms with Crippen LogP contribution in [-0.2, 0) is 22.8 Å². The highest BCUT2D eigenvalue weighted by Gasteiger charge is 2.14. The molecule has 0 aliphatic rings. The first-order valence-corrected chi connectivity index (χ1v) is 12.9. The van der Waals surface area contributed by atoms with Crippen molar-refractivity contribution in [3.05, 3.63) is 81.1 Å². The monoisotopic (exact) mass is 526 g/mol. The molecule has 1 heterocycles. The predicted octanol–water partition coefficient (Wildman–Crippen LogP) is 6.90. The molecule has 0 saturated carbocycles. The van der Waals surface area contributed by atoms with Gasteiger partial charge < -0.3 is 9.88 Å². The van der Waals surface area contributed by atoms with Gasteiger partial charge in [-0.25, -0.2) is 0 Å². The van der Waals surface area contributed by atoms with E-state index in [2.05, 4.69) is 22.1 Å². The summed E-state index contributed by atoms with van der Waals surface area (Å²) in [6, 6.07) is 11.0. The van der Waals surface area contributed by atoms with Crippen LogP contribution >= 0.6 is 58.3 Å². The Bertz CT molecular complexity index is 1120. The highest BCUT2D eigenvalue weighted by Crippen LogP contribution is 2.27. The molecule has 0 aliphatic carbocycles. The Balaban J connectivity index is 1.58. The third-order valence-corrected chi connectivity index (χ3v) is 7.32. The number of hydrogen-bond acceptors (Lipinski definition) is 5. The number of thioether (sulfide) groups is 2.